The fraction of sp³-hybridized carbons (Fsp3) is 0.647. The Labute approximate surface area is 135 Å². The molecule has 0 aromatic carbocycles. The summed E-state index contributed by atoms with van der Waals surface area (Å²) in [5, 5.41) is 0. The molecule has 1 amide bonds. The Hall–Kier alpha value is -1.23. The molecule has 4 rings (SSSR count). The lowest BCUT2D eigenvalue weighted by Crippen LogP contribution is -2.51. The minimum atomic E-state index is -0.00687. The number of oxazole rings is 1. The van der Waals surface area contributed by atoms with Gasteiger partial charge >= 0.3 is 0 Å². The summed E-state index contributed by atoms with van der Waals surface area (Å²) >= 11 is 1.69. The van der Waals surface area contributed by atoms with Crippen molar-refractivity contribution in [2.75, 3.05) is 12.3 Å². The van der Waals surface area contributed by atoms with Gasteiger partial charge in [0.05, 0.1) is 17.0 Å². The molecule has 5 heteroatoms. The molecule has 22 heavy (non-hydrogen) atoms. The second-order valence-corrected chi connectivity index (χ2v) is 7.63. The van der Waals surface area contributed by atoms with Gasteiger partial charge < -0.3 is 9.32 Å². The highest BCUT2D eigenvalue weighted by Gasteiger charge is 2.38. The van der Waals surface area contributed by atoms with Gasteiger partial charge in [0.25, 0.3) is 0 Å². The number of carbonyl (C=O) groups is 1. The summed E-state index contributed by atoms with van der Waals surface area (Å²) in [6.07, 6.45) is 12.9. The van der Waals surface area contributed by atoms with Crippen LogP contribution in [0.3, 0.4) is 0 Å². The fourth-order valence-corrected chi connectivity index (χ4v) is 5.27. The van der Waals surface area contributed by atoms with E-state index in [1.165, 1.54) is 38.5 Å². The normalized spacial score (nSPS) is 31.7. The quantitative estimate of drug-likeness (QED) is 0.836. The van der Waals surface area contributed by atoms with E-state index in [9.17, 15) is 4.79 Å². The number of thioether (sulfide) groups is 1. The summed E-state index contributed by atoms with van der Waals surface area (Å²) in [6.45, 7) is 0.948. The Morgan fingerprint density at radius 1 is 1.27 bits per heavy atom. The van der Waals surface area contributed by atoms with Gasteiger partial charge in [-0.05, 0) is 31.6 Å². The second-order valence-electron chi connectivity index (χ2n) is 6.57. The smallest absolute Gasteiger partial charge is 0.232 e. The lowest BCUT2D eigenvalue weighted by atomic mass is 9.78. The molecule has 3 aliphatic rings. The van der Waals surface area contributed by atoms with E-state index in [4.69, 9.17) is 4.42 Å². The van der Waals surface area contributed by atoms with E-state index < -0.39 is 0 Å². The molecule has 1 saturated heterocycles. The van der Waals surface area contributed by atoms with Gasteiger partial charge in [-0.1, -0.05) is 18.9 Å². The molecule has 3 atom stereocenters. The molecule has 0 spiro atoms. The summed E-state index contributed by atoms with van der Waals surface area (Å²) in [4.78, 5) is 20.4. The first-order valence-corrected chi connectivity index (χ1v) is 9.36. The van der Waals surface area contributed by atoms with E-state index in [2.05, 4.69) is 16.0 Å². The molecule has 1 aliphatic carbocycles. The maximum absolute atomic E-state index is 13.0. The summed E-state index contributed by atoms with van der Waals surface area (Å²) in [6, 6.07) is 0.499. The molecule has 1 saturated carbocycles. The van der Waals surface area contributed by atoms with Crippen molar-refractivity contribution in [3.63, 3.8) is 0 Å². The van der Waals surface area contributed by atoms with Gasteiger partial charge in [-0.3, -0.25) is 4.79 Å². The van der Waals surface area contributed by atoms with Gasteiger partial charge in [0, 0.05) is 18.3 Å². The van der Waals surface area contributed by atoms with Crippen molar-refractivity contribution in [3.8, 4) is 0 Å². The molecule has 4 nitrogen and oxygen atoms in total. The number of likely N-dealkylation sites (tertiary alicyclic amines) is 1. The standard InChI is InChI=1S/C17H22N2O2S/c20-17(13-10-15(22-11-13)16-18-7-9-21-16)19-8-3-5-12-4-1-2-6-14(12)19/h7,9-10,12-14H,1-6,8,11H2. The average Bonchev–Trinajstić information content (AvgIpc) is 3.24. The maximum atomic E-state index is 13.0. The Kier molecular flexibility index (Phi) is 3.99. The Balaban J connectivity index is 1.49. The van der Waals surface area contributed by atoms with Gasteiger partial charge in [0.2, 0.25) is 11.8 Å². The minimum absolute atomic E-state index is 0.00687. The topological polar surface area (TPSA) is 46.3 Å². The highest BCUT2D eigenvalue weighted by atomic mass is 32.2. The predicted molar refractivity (Wildman–Crippen MR) is 87.1 cm³/mol. The van der Waals surface area contributed by atoms with E-state index in [1.54, 1.807) is 24.2 Å². The zero-order valence-corrected chi connectivity index (χ0v) is 13.6. The number of nitrogens with zero attached hydrogens (tertiary/aromatic N) is 2. The van der Waals surface area contributed by atoms with Crippen LogP contribution in [0, 0.1) is 11.8 Å². The van der Waals surface area contributed by atoms with Crippen LogP contribution in [0.15, 0.2) is 23.0 Å². The van der Waals surface area contributed by atoms with E-state index in [-0.39, 0.29) is 5.92 Å². The van der Waals surface area contributed by atoms with Crippen molar-refractivity contribution >= 4 is 22.6 Å². The molecule has 2 aliphatic heterocycles. The molecular weight excluding hydrogens is 296 g/mol. The number of hydrogen-bond acceptors (Lipinski definition) is 4. The van der Waals surface area contributed by atoms with Crippen LogP contribution >= 0.6 is 11.8 Å². The summed E-state index contributed by atoms with van der Waals surface area (Å²) in [7, 11) is 0. The highest BCUT2D eigenvalue weighted by Crippen LogP contribution is 2.40. The average molecular weight is 318 g/mol. The van der Waals surface area contributed by atoms with Crippen molar-refractivity contribution < 1.29 is 9.21 Å². The second kappa shape index (κ2) is 6.11. The molecule has 1 aromatic heterocycles. The highest BCUT2D eigenvalue weighted by molar-refractivity contribution is 8.08. The number of aromatic nitrogens is 1. The van der Waals surface area contributed by atoms with E-state index in [0.29, 0.717) is 17.8 Å². The zero-order chi connectivity index (χ0) is 14.9. The molecular formula is C17H22N2O2S. The first-order valence-electron chi connectivity index (χ1n) is 8.38. The van der Waals surface area contributed by atoms with Crippen LogP contribution in [0.2, 0.25) is 0 Å². The van der Waals surface area contributed by atoms with Crippen LogP contribution in [0.4, 0.5) is 0 Å². The van der Waals surface area contributed by atoms with Gasteiger partial charge in [-0.25, -0.2) is 4.98 Å². The first-order chi connectivity index (χ1) is 10.8. The minimum Gasteiger partial charge on any atom is -0.444 e. The van der Waals surface area contributed by atoms with Crippen LogP contribution in [0.1, 0.15) is 44.4 Å². The van der Waals surface area contributed by atoms with E-state index >= 15 is 0 Å². The molecule has 2 fully saturated rings. The van der Waals surface area contributed by atoms with Crippen molar-refractivity contribution in [1.82, 2.24) is 9.88 Å². The number of amides is 1. The van der Waals surface area contributed by atoms with Gasteiger partial charge in [0.15, 0.2) is 0 Å². The van der Waals surface area contributed by atoms with E-state index in [0.717, 1.165) is 23.1 Å². The molecule has 0 N–H and O–H groups in total. The largest absolute Gasteiger partial charge is 0.444 e. The maximum Gasteiger partial charge on any atom is 0.232 e. The number of carbonyl (C=O) groups excluding carboxylic acids is 1. The molecule has 3 heterocycles. The monoisotopic (exact) mass is 318 g/mol. The van der Waals surface area contributed by atoms with Gasteiger partial charge in [-0.2, -0.15) is 0 Å². The van der Waals surface area contributed by atoms with Crippen molar-refractivity contribution in [2.24, 2.45) is 11.8 Å². The summed E-state index contributed by atoms with van der Waals surface area (Å²) in [5.41, 5.74) is 0. The Morgan fingerprint density at radius 2 is 2.14 bits per heavy atom. The zero-order valence-electron chi connectivity index (χ0n) is 12.7. The lowest BCUT2D eigenvalue weighted by Gasteiger charge is -2.44. The summed E-state index contributed by atoms with van der Waals surface area (Å²) < 4.78 is 5.35. The lowest BCUT2D eigenvalue weighted by molar-refractivity contribution is -0.139. The van der Waals surface area contributed by atoms with Crippen LogP contribution in [0.25, 0.3) is 4.91 Å². The fourth-order valence-electron chi connectivity index (χ4n) is 4.19. The number of rotatable bonds is 2. The van der Waals surface area contributed by atoms with Crippen LogP contribution in [-0.4, -0.2) is 34.1 Å². The number of piperidine rings is 1. The molecule has 3 unspecified atom stereocenters. The number of hydrogen-bond donors (Lipinski definition) is 0. The molecule has 0 bridgehead atoms. The van der Waals surface area contributed by atoms with Crippen LogP contribution in [-0.2, 0) is 4.79 Å². The predicted octanol–water partition coefficient (Wildman–Crippen LogP) is 3.56. The van der Waals surface area contributed by atoms with Crippen molar-refractivity contribution in [2.45, 2.75) is 44.6 Å². The van der Waals surface area contributed by atoms with Gasteiger partial charge in [-0.15, -0.1) is 11.8 Å². The molecule has 118 valence electrons. The van der Waals surface area contributed by atoms with Crippen molar-refractivity contribution in [3.05, 3.63) is 24.4 Å². The third-order valence-electron chi connectivity index (χ3n) is 5.26. The Morgan fingerprint density at radius 3 is 3.00 bits per heavy atom. The molecule has 1 aromatic rings. The number of fused-ring (bicyclic) bond motifs is 1. The van der Waals surface area contributed by atoms with Crippen LogP contribution < -0.4 is 0 Å². The molecule has 0 radical (unpaired) electrons. The Bertz CT molecular complexity index is 567. The third-order valence-corrected chi connectivity index (χ3v) is 6.41. The summed E-state index contributed by atoms with van der Waals surface area (Å²) in [5.74, 6) is 2.54. The van der Waals surface area contributed by atoms with E-state index in [1.807, 2.05) is 0 Å². The first kappa shape index (κ1) is 14.4. The third kappa shape index (κ3) is 2.60. The van der Waals surface area contributed by atoms with Crippen LogP contribution in [0.5, 0.6) is 0 Å². The SMILES string of the molecule is O=C(C1C=C(c2ncco2)SC1)N1CCCC2CCCCC21. The van der Waals surface area contributed by atoms with Crippen molar-refractivity contribution in [1.29, 1.82) is 0 Å². The van der Waals surface area contributed by atoms with Gasteiger partial charge in [0.1, 0.15) is 6.26 Å².